The molecule has 0 saturated heterocycles. The Labute approximate surface area is 131 Å². The summed E-state index contributed by atoms with van der Waals surface area (Å²) in [7, 11) is 0. The minimum Gasteiger partial charge on any atom is -0.481 e. The second kappa shape index (κ2) is 7.09. The lowest BCUT2D eigenvalue weighted by Crippen LogP contribution is -2.69. The quantitative estimate of drug-likeness (QED) is 0.583. The molecular weight excluding hydrogens is 393 g/mol. The van der Waals surface area contributed by atoms with Crippen molar-refractivity contribution in [2.24, 2.45) is 0 Å². The molecule has 25 heavy (non-hydrogen) atoms. The lowest BCUT2D eigenvalue weighted by atomic mass is 9.93. The van der Waals surface area contributed by atoms with Crippen molar-refractivity contribution in [2.45, 2.75) is 42.4 Å². The summed E-state index contributed by atoms with van der Waals surface area (Å²) in [5, 5.41) is 16.6. The number of hydrogen-bond acceptors (Lipinski definition) is 3. The third kappa shape index (κ3) is 4.07. The summed E-state index contributed by atoms with van der Waals surface area (Å²) in [5.74, 6) is -31.4. The number of alkyl halides is 11. The van der Waals surface area contributed by atoms with Gasteiger partial charge in [-0.2, -0.15) is 48.3 Å². The Balaban J connectivity index is 6.09. The topological polar surface area (TPSA) is 66.8 Å². The van der Waals surface area contributed by atoms with Gasteiger partial charge in [-0.1, -0.05) is 0 Å². The van der Waals surface area contributed by atoms with Gasteiger partial charge < -0.3 is 14.9 Å². The van der Waals surface area contributed by atoms with E-state index in [0.29, 0.717) is 0 Å². The third-order valence-electron chi connectivity index (χ3n) is 2.74. The summed E-state index contributed by atoms with van der Waals surface area (Å²) >= 11 is 0. The molecule has 0 aromatic heterocycles. The fourth-order valence-corrected chi connectivity index (χ4v) is 1.43. The van der Waals surface area contributed by atoms with E-state index in [4.69, 9.17) is 10.2 Å². The van der Waals surface area contributed by atoms with E-state index in [9.17, 15) is 53.1 Å². The van der Waals surface area contributed by atoms with Crippen molar-refractivity contribution in [3.8, 4) is 0 Å². The summed E-state index contributed by atoms with van der Waals surface area (Å²) in [4.78, 5) is 10.3. The van der Waals surface area contributed by atoms with Crippen LogP contribution in [-0.4, -0.2) is 65.4 Å². The van der Waals surface area contributed by atoms with Crippen LogP contribution in [0.3, 0.4) is 0 Å². The Morgan fingerprint density at radius 1 is 0.840 bits per heavy atom. The van der Waals surface area contributed by atoms with E-state index in [1.54, 1.807) is 0 Å². The molecule has 1 unspecified atom stereocenters. The molecule has 0 bridgehead atoms. The molecule has 0 aliphatic carbocycles. The van der Waals surface area contributed by atoms with Gasteiger partial charge in [0.15, 0.2) is 0 Å². The molecular formula is C10H9F11O4. The first-order valence-electron chi connectivity index (χ1n) is 5.90. The van der Waals surface area contributed by atoms with Gasteiger partial charge in [0.25, 0.3) is 0 Å². The normalized spacial score (nSPS) is 16.0. The van der Waals surface area contributed by atoms with Crippen LogP contribution in [0.25, 0.3) is 0 Å². The van der Waals surface area contributed by atoms with Crippen molar-refractivity contribution >= 4 is 5.97 Å². The smallest absolute Gasteiger partial charge is 0.460 e. The second-order valence-electron chi connectivity index (χ2n) is 4.52. The van der Waals surface area contributed by atoms with Gasteiger partial charge in [-0.25, -0.2) is 0 Å². The molecule has 0 aromatic rings. The number of carboxylic acids is 1. The van der Waals surface area contributed by atoms with Crippen molar-refractivity contribution in [1.29, 1.82) is 0 Å². The zero-order valence-electron chi connectivity index (χ0n) is 11.6. The van der Waals surface area contributed by atoms with Crippen LogP contribution in [0.15, 0.2) is 0 Å². The predicted octanol–water partition coefficient (Wildman–Crippen LogP) is 2.94. The first kappa shape index (κ1) is 23.6. The van der Waals surface area contributed by atoms with Crippen LogP contribution in [-0.2, 0) is 9.53 Å². The maximum Gasteiger partial charge on any atom is 0.460 e. The monoisotopic (exact) mass is 402 g/mol. The maximum absolute atomic E-state index is 13.6. The lowest BCUT2D eigenvalue weighted by molar-refractivity contribution is -0.429. The van der Waals surface area contributed by atoms with Crippen LogP contribution in [0.5, 0.6) is 0 Å². The molecule has 1 atom stereocenters. The highest BCUT2D eigenvalue weighted by molar-refractivity contribution is 5.67. The predicted molar refractivity (Wildman–Crippen MR) is 54.9 cm³/mol. The Kier molecular flexibility index (Phi) is 6.70. The number of ether oxygens (including phenoxy) is 1. The molecule has 150 valence electrons. The summed E-state index contributed by atoms with van der Waals surface area (Å²) in [5.41, 5.74) is 0. The molecule has 0 aliphatic rings. The van der Waals surface area contributed by atoms with Gasteiger partial charge in [0, 0.05) is 0 Å². The van der Waals surface area contributed by atoms with Gasteiger partial charge >= 0.3 is 35.8 Å². The number of carbonyl (C=O) groups is 1. The molecule has 0 aliphatic heterocycles. The average molecular weight is 402 g/mol. The molecule has 0 heterocycles. The second-order valence-corrected chi connectivity index (χ2v) is 4.52. The van der Waals surface area contributed by atoms with Gasteiger partial charge in [0.05, 0.1) is 19.6 Å². The van der Waals surface area contributed by atoms with E-state index < -0.39 is 61.6 Å². The van der Waals surface area contributed by atoms with Gasteiger partial charge in [-0.15, -0.1) is 0 Å². The zero-order valence-corrected chi connectivity index (χ0v) is 11.6. The Bertz CT molecular complexity index is 474. The number of aliphatic carboxylic acids is 1. The Morgan fingerprint density at radius 2 is 1.28 bits per heavy atom. The number of aliphatic hydroxyl groups is 1. The largest absolute Gasteiger partial charge is 0.481 e. The molecule has 0 saturated carbocycles. The number of rotatable bonds is 9. The summed E-state index contributed by atoms with van der Waals surface area (Å²) < 4.78 is 145. The summed E-state index contributed by atoms with van der Waals surface area (Å²) in [6, 6.07) is 0. The molecule has 0 rings (SSSR count). The van der Waals surface area contributed by atoms with Crippen LogP contribution in [0.2, 0.25) is 0 Å². The van der Waals surface area contributed by atoms with E-state index in [1.807, 2.05) is 0 Å². The minimum atomic E-state index is -7.65. The summed E-state index contributed by atoms with van der Waals surface area (Å²) in [6.07, 6.45) is -13.2. The highest BCUT2D eigenvalue weighted by atomic mass is 19.4. The van der Waals surface area contributed by atoms with E-state index in [-0.39, 0.29) is 0 Å². The van der Waals surface area contributed by atoms with Gasteiger partial charge in [0.2, 0.25) is 0 Å². The van der Waals surface area contributed by atoms with Crippen LogP contribution in [0, 0.1) is 0 Å². The van der Waals surface area contributed by atoms with Gasteiger partial charge in [-0.3, -0.25) is 4.79 Å². The van der Waals surface area contributed by atoms with Crippen LogP contribution < -0.4 is 0 Å². The van der Waals surface area contributed by atoms with Crippen molar-refractivity contribution in [2.75, 3.05) is 13.2 Å². The zero-order chi connectivity index (χ0) is 20.5. The van der Waals surface area contributed by atoms with E-state index in [0.717, 1.165) is 0 Å². The van der Waals surface area contributed by atoms with E-state index in [2.05, 4.69) is 4.74 Å². The fraction of sp³-hybridized carbons (Fsp3) is 0.900. The lowest BCUT2D eigenvalue weighted by Gasteiger charge is -2.39. The Hall–Kier alpha value is -1.38. The standard InChI is InChI=1S/C10H9F11O4/c11-6(12,4(3-5(23)24)25-2-1-22)7(13,14)8(15,16)9(17,18)10(19,20)21/h4,22H,1-3H2,(H,23,24). The van der Waals surface area contributed by atoms with E-state index >= 15 is 0 Å². The Morgan fingerprint density at radius 3 is 1.60 bits per heavy atom. The minimum absolute atomic E-state index is 1.20. The van der Waals surface area contributed by atoms with Crippen molar-refractivity contribution in [3.05, 3.63) is 0 Å². The van der Waals surface area contributed by atoms with Crippen molar-refractivity contribution in [1.82, 2.24) is 0 Å². The van der Waals surface area contributed by atoms with Crippen molar-refractivity contribution < 1.29 is 68.0 Å². The van der Waals surface area contributed by atoms with Crippen molar-refractivity contribution in [3.63, 3.8) is 0 Å². The third-order valence-corrected chi connectivity index (χ3v) is 2.74. The SMILES string of the molecule is O=C(O)CC(OCCO)C(F)(F)C(F)(F)C(F)(F)C(F)(F)C(F)(F)F. The van der Waals surface area contributed by atoms with Crippen LogP contribution in [0.4, 0.5) is 48.3 Å². The molecule has 0 spiro atoms. The highest BCUT2D eigenvalue weighted by Crippen LogP contribution is 2.58. The molecule has 0 fully saturated rings. The molecule has 2 N–H and O–H groups in total. The van der Waals surface area contributed by atoms with Crippen LogP contribution >= 0.6 is 0 Å². The summed E-state index contributed by atoms with van der Waals surface area (Å²) in [6.45, 7) is -2.52. The number of carboxylic acid groups (broad SMARTS) is 1. The molecule has 15 heteroatoms. The number of hydrogen-bond donors (Lipinski definition) is 2. The van der Waals surface area contributed by atoms with Crippen LogP contribution in [0.1, 0.15) is 6.42 Å². The van der Waals surface area contributed by atoms with Gasteiger partial charge in [-0.05, 0) is 0 Å². The van der Waals surface area contributed by atoms with E-state index in [1.165, 1.54) is 0 Å². The molecule has 0 radical (unpaired) electrons. The molecule has 0 aromatic carbocycles. The number of halogens is 11. The highest BCUT2D eigenvalue weighted by Gasteiger charge is 2.88. The molecule has 4 nitrogen and oxygen atoms in total. The first-order chi connectivity index (χ1) is 10.9. The number of aliphatic hydroxyl groups excluding tert-OH is 1. The average Bonchev–Trinajstić information content (AvgIpc) is 2.40. The van der Waals surface area contributed by atoms with Gasteiger partial charge in [0.1, 0.15) is 6.10 Å². The molecule has 0 amide bonds. The maximum atomic E-state index is 13.6. The first-order valence-corrected chi connectivity index (χ1v) is 5.90. The fourth-order valence-electron chi connectivity index (χ4n) is 1.43.